The van der Waals surface area contributed by atoms with E-state index in [1.54, 1.807) is 23.1 Å². The van der Waals surface area contributed by atoms with Crippen molar-refractivity contribution in [3.63, 3.8) is 0 Å². The van der Waals surface area contributed by atoms with Crippen LogP contribution in [0.15, 0.2) is 89.1 Å². The zero-order valence-electron chi connectivity index (χ0n) is 28.0. The van der Waals surface area contributed by atoms with Crippen LogP contribution in [0.2, 0.25) is 0 Å². The molecule has 0 spiro atoms. The highest BCUT2D eigenvalue weighted by molar-refractivity contribution is 6.05. The Morgan fingerprint density at radius 2 is 1.71 bits per heavy atom. The van der Waals surface area contributed by atoms with Gasteiger partial charge in [-0.25, -0.2) is 4.98 Å². The Balaban J connectivity index is 1.53. The van der Waals surface area contributed by atoms with Crippen LogP contribution >= 0.6 is 0 Å². The highest BCUT2D eigenvalue weighted by Crippen LogP contribution is 2.33. The van der Waals surface area contributed by atoms with Crippen LogP contribution < -0.4 is 10.9 Å². The first-order chi connectivity index (χ1) is 23.8. The maximum absolute atomic E-state index is 14.4. The SMILES string of the molecule is CCCCCCN(CC1=C(OC(C)=O)C(=O)CC=C1c1ccccc1)C(=O)Cn1c(-c2ccccc2)ncc(NC(=O)C2CCOC2)c1=O. The van der Waals surface area contributed by atoms with Gasteiger partial charge in [-0.15, -0.1) is 0 Å². The Hall–Kier alpha value is -5.16. The molecule has 11 nitrogen and oxygen atoms in total. The number of anilines is 1. The fourth-order valence-corrected chi connectivity index (χ4v) is 6.00. The normalized spacial score (nSPS) is 15.9. The second kappa shape index (κ2) is 16.8. The molecule has 11 heteroatoms. The summed E-state index contributed by atoms with van der Waals surface area (Å²) < 4.78 is 12.1. The van der Waals surface area contributed by atoms with Crippen molar-refractivity contribution in [2.75, 3.05) is 31.6 Å². The zero-order chi connectivity index (χ0) is 34.8. The van der Waals surface area contributed by atoms with E-state index in [4.69, 9.17) is 9.47 Å². The molecule has 1 N–H and O–H groups in total. The lowest BCUT2D eigenvalue weighted by Crippen LogP contribution is -2.40. The average Bonchev–Trinajstić information content (AvgIpc) is 3.65. The minimum Gasteiger partial charge on any atom is -0.423 e. The van der Waals surface area contributed by atoms with E-state index >= 15 is 0 Å². The predicted molar refractivity (Wildman–Crippen MR) is 185 cm³/mol. The summed E-state index contributed by atoms with van der Waals surface area (Å²) in [6, 6.07) is 18.5. The van der Waals surface area contributed by atoms with Crippen molar-refractivity contribution in [2.45, 2.75) is 58.9 Å². The van der Waals surface area contributed by atoms with Crippen molar-refractivity contribution in [3.8, 4) is 11.4 Å². The molecule has 1 atom stereocenters. The average molecular weight is 667 g/mol. The summed E-state index contributed by atoms with van der Waals surface area (Å²) in [5.74, 6) is -1.92. The first kappa shape index (κ1) is 35.2. The van der Waals surface area contributed by atoms with Crippen LogP contribution in [-0.2, 0) is 35.2 Å². The quantitative estimate of drug-likeness (QED) is 0.184. The van der Waals surface area contributed by atoms with Gasteiger partial charge in [0.05, 0.1) is 25.3 Å². The molecule has 1 unspecified atom stereocenters. The predicted octanol–water partition coefficient (Wildman–Crippen LogP) is 5.17. The van der Waals surface area contributed by atoms with Crippen LogP contribution in [0.5, 0.6) is 0 Å². The molecule has 2 amide bonds. The minimum atomic E-state index is -0.635. The van der Waals surface area contributed by atoms with E-state index < -0.39 is 17.4 Å². The summed E-state index contributed by atoms with van der Waals surface area (Å²) in [6.45, 7) is 4.01. The van der Waals surface area contributed by atoms with Crippen LogP contribution in [0.4, 0.5) is 5.69 Å². The number of amides is 2. The number of hydrogen-bond donors (Lipinski definition) is 1. The Bertz CT molecular complexity index is 1790. The highest BCUT2D eigenvalue weighted by Gasteiger charge is 2.30. The number of unbranched alkanes of at least 4 members (excludes halogenated alkanes) is 3. The van der Waals surface area contributed by atoms with Crippen molar-refractivity contribution >= 4 is 34.8 Å². The van der Waals surface area contributed by atoms with Crippen LogP contribution in [0, 0.1) is 5.92 Å². The van der Waals surface area contributed by atoms with Gasteiger partial charge in [0, 0.05) is 37.6 Å². The smallest absolute Gasteiger partial charge is 0.308 e. The van der Waals surface area contributed by atoms with Crippen molar-refractivity contribution in [3.05, 3.63) is 100 Å². The molecule has 1 aliphatic carbocycles. The van der Waals surface area contributed by atoms with Gasteiger partial charge in [0.2, 0.25) is 17.6 Å². The number of aromatic nitrogens is 2. The van der Waals surface area contributed by atoms with Crippen molar-refractivity contribution in [1.29, 1.82) is 0 Å². The van der Waals surface area contributed by atoms with E-state index in [0.29, 0.717) is 42.7 Å². The van der Waals surface area contributed by atoms with Gasteiger partial charge in [-0.3, -0.25) is 28.5 Å². The van der Waals surface area contributed by atoms with Crippen molar-refractivity contribution < 1.29 is 28.7 Å². The Kier molecular flexibility index (Phi) is 12.0. The number of benzene rings is 2. The third kappa shape index (κ3) is 8.85. The summed E-state index contributed by atoms with van der Waals surface area (Å²) in [7, 11) is 0. The van der Waals surface area contributed by atoms with Crippen LogP contribution in [0.3, 0.4) is 0 Å². The summed E-state index contributed by atoms with van der Waals surface area (Å²) in [5, 5.41) is 2.70. The Morgan fingerprint density at radius 3 is 2.37 bits per heavy atom. The molecule has 1 aromatic heterocycles. The molecule has 1 aliphatic heterocycles. The number of carbonyl (C=O) groups excluding carboxylic acids is 4. The molecule has 3 aromatic rings. The van der Waals surface area contributed by atoms with Gasteiger partial charge in [0.25, 0.3) is 5.56 Å². The minimum absolute atomic E-state index is 0.0268. The summed E-state index contributed by atoms with van der Waals surface area (Å²) in [6.07, 6.45) is 7.25. The van der Waals surface area contributed by atoms with Gasteiger partial charge in [0.1, 0.15) is 18.1 Å². The number of carbonyl (C=O) groups is 4. The number of nitrogens with one attached hydrogen (secondary N) is 1. The lowest BCUT2D eigenvalue weighted by molar-refractivity contribution is -0.140. The zero-order valence-corrected chi connectivity index (χ0v) is 28.0. The van der Waals surface area contributed by atoms with Crippen molar-refractivity contribution in [1.82, 2.24) is 14.5 Å². The second-order valence-corrected chi connectivity index (χ2v) is 12.2. The maximum Gasteiger partial charge on any atom is 0.308 e. The lowest BCUT2D eigenvalue weighted by Gasteiger charge is -2.29. The van der Waals surface area contributed by atoms with Gasteiger partial charge in [-0.2, -0.15) is 0 Å². The van der Waals surface area contributed by atoms with E-state index in [0.717, 1.165) is 24.8 Å². The van der Waals surface area contributed by atoms with E-state index in [1.807, 2.05) is 48.5 Å². The first-order valence-corrected chi connectivity index (χ1v) is 16.8. The molecule has 1 saturated heterocycles. The van der Waals surface area contributed by atoms with E-state index in [1.165, 1.54) is 17.7 Å². The van der Waals surface area contributed by atoms with Crippen molar-refractivity contribution in [2.24, 2.45) is 5.92 Å². The number of nitrogens with zero attached hydrogens (tertiary/aromatic N) is 3. The molecule has 5 rings (SSSR count). The third-order valence-corrected chi connectivity index (χ3v) is 8.59. The first-order valence-electron chi connectivity index (χ1n) is 16.8. The molecule has 49 heavy (non-hydrogen) atoms. The van der Waals surface area contributed by atoms with E-state index in [9.17, 15) is 24.0 Å². The highest BCUT2D eigenvalue weighted by atomic mass is 16.5. The number of esters is 1. The Morgan fingerprint density at radius 1 is 1.00 bits per heavy atom. The van der Waals surface area contributed by atoms with E-state index in [-0.39, 0.29) is 61.0 Å². The summed E-state index contributed by atoms with van der Waals surface area (Å²) in [4.78, 5) is 72.8. The summed E-state index contributed by atoms with van der Waals surface area (Å²) >= 11 is 0. The molecule has 2 heterocycles. The number of rotatable bonds is 14. The van der Waals surface area contributed by atoms with Gasteiger partial charge in [0.15, 0.2) is 5.76 Å². The summed E-state index contributed by atoms with van der Waals surface area (Å²) in [5.41, 5.74) is 1.96. The van der Waals surface area contributed by atoms with Gasteiger partial charge >= 0.3 is 5.97 Å². The molecular weight excluding hydrogens is 624 g/mol. The van der Waals surface area contributed by atoms with Crippen LogP contribution in [0.1, 0.15) is 57.9 Å². The molecule has 0 radical (unpaired) electrons. The maximum atomic E-state index is 14.4. The molecule has 256 valence electrons. The van der Waals surface area contributed by atoms with Gasteiger partial charge in [-0.05, 0) is 24.0 Å². The number of ether oxygens (including phenoxy) is 2. The lowest BCUT2D eigenvalue weighted by atomic mass is 9.89. The number of allylic oxidation sites excluding steroid dienone is 2. The standard InChI is InChI=1S/C38H42N4O7/c1-3-4-5-12-20-41(23-31-30(27-13-8-6-9-14-27)17-18-33(44)35(31)49-26(2)43)34(45)24-42-36(28-15-10-7-11-16-28)39-22-32(38(42)47)40-37(46)29-19-21-48-25-29/h6-11,13-17,22,29H,3-5,12,18-21,23-25H2,1-2H3,(H,40,46). The van der Waals surface area contributed by atoms with Gasteiger partial charge < -0.3 is 19.7 Å². The third-order valence-electron chi connectivity index (χ3n) is 8.59. The molecular formula is C38H42N4O7. The number of ketones is 1. The molecule has 0 bridgehead atoms. The Labute approximate surface area is 285 Å². The molecule has 0 saturated carbocycles. The monoisotopic (exact) mass is 666 g/mol. The van der Waals surface area contributed by atoms with Gasteiger partial charge in [-0.1, -0.05) is 92.9 Å². The van der Waals surface area contributed by atoms with Crippen LogP contribution in [-0.4, -0.2) is 64.3 Å². The topological polar surface area (TPSA) is 137 Å². The number of hydrogen-bond acceptors (Lipinski definition) is 8. The van der Waals surface area contributed by atoms with E-state index in [2.05, 4.69) is 17.2 Å². The largest absolute Gasteiger partial charge is 0.423 e. The molecule has 1 fully saturated rings. The number of Topliss-reactive ketones (excluding diaryl/α,β-unsaturated/α-hetero) is 1. The fourth-order valence-electron chi connectivity index (χ4n) is 6.00. The molecule has 2 aliphatic rings. The fraction of sp³-hybridized carbons (Fsp3) is 0.368. The second-order valence-electron chi connectivity index (χ2n) is 12.2. The van der Waals surface area contributed by atoms with Crippen LogP contribution in [0.25, 0.3) is 17.0 Å². The molecule has 2 aromatic carbocycles.